The molecule has 0 saturated carbocycles. The Kier molecular flexibility index (Phi) is 4.53. The molecule has 0 aliphatic carbocycles. The smallest absolute Gasteiger partial charge is 0.127 e. The van der Waals surface area contributed by atoms with Crippen LogP contribution in [0.5, 0.6) is 5.75 Å². The van der Waals surface area contributed by atoms with E-state index in [4.69, 9.17) is 16.3 Å². The minimum absolute atomic E-state index is 0.158. The van der Waals surface area contributed by atoms with Crippen LogP contribution in [0.25, 0.3) is 0 Å². The highest BCUT2D eigenvalue weighted by Crippen LogP contribution is 2.40. The summed E-state index contributed by atoms with van der Waals surface area (Å²) in [7, 11) is 0. The number of benzene rings is 1. The quantitative estimate of drug-likeness (QED) is 0.869. The Labute approximate surface area is 135 Å². The second kappa shape index (κ2) is 6.39. The van der Waals surface area contributed by atoms with E-state index in [2.05, 4.69) is 31.3 Å². The zero-order valence-corrected chi connectivity index (χ0v) is 14.0. The van der Waals surface area contributed by atoms with Crippen LogP contribution in [-0.2, 0) is 12.8 Å². The summed E-state index contributed by atoms with van der Waals surface area (Å²) >= 11 is 8.18. The van der Waals surface area contributed by atoms with Crippen LogP contribution in [0.4, 0.5) is 0 Å². The molecule has 1 aliphatic heterocycles. The average molecular weight is 322 g/mol. The summed E-state index contributed by atoms with van der Waals surface area (Å²) < 4.78 is 5.87. The Morgan fingerprint density at radius 3 is 2.90 bits per heavy atom. The van der Waals surface area contributed by atoms with E-state index < -0.39 is 0 Å². The minimum Gasteiger partial charge on any atom is -0.493 e. The minimum atomic E-state index is 0.158. The van der Waals surface area contributed by atoms with E-state index in [0.29, 0.717) is 0 Å². The van der Waals surface area contributed by atoms with Crippen LogP contribution in [0.15, 0.2) is 24.3 Å². The molecule has 112 valence electrons. The van der Waals surface area contributed by atoms with Crippen LogP contribution in [0.2, 0.25) is 5.02 Å². The molecule has 2 nitrogen and oxygen atoms in total. The number of rotatable bonds is 5. The summed E-state index contributed by atoms with van der Waals surface area (Å²) in [5, 5.41) is 4.38. The van der Waals surface area contributed by atoms with E-state index in [-0.39, 0.29) is 6.04 Å². The van der Waals surface area contributed by atoms with Gasteiger partial charge in [-0.3, -0.25) is 0 Å². The van der Waals surface area contributed by atoms with Gasteiger partial charge < -0.3 is 10.1 Å². The maximum atomic E-state index is 6.31. The lowest BCUT2D eigenvalue weighted by Crippen LogP contribution is -2.21. The standard InChI is InChI=1S/C17H20ClNOS/c1-3-13-5-6-15(21-13)16(19-4-2)14-10-12(18)9-11-7-8-20-17(11)14/h5-6,9-10,16,19H,3-4,7-8H2,1-2H3. The number of aryl methyl sites for hydroxylation is 1. The first kappa shape index (κ1) is 14.9. The molecule has 4 heteroatoms. The molecule has 0 bridgehead atoms. The van der Waals surface area contributed by atoms with Gasteiger partial charge in [0.2, 0.25) is 0 Å². The van der Waals surface area contributed by atoms with E-state index in [1.54, 1.807) is 0 Å². The van der Waals surface area contributed by atoms with Crippen molar-refractivity contribution in [3.05, 3.63) is 50.2 Å². The van der Waals surface area contributed by atoms with Crippen molar-refractivity contribution >= 4 is 22.9 Å². The van der Waals surface area contributed by atoms with Crippen LogP contribution >= 0.6 is 22.9 Å². The highest BCUT2D eigenvalue weighted by Gasteiger charge is 2.25. The van der Waals surface area contributed by atoms with E-state index >= 15 is 0 Å². The molecule has 0 amide bonds. The van der Waals surface area contributed by atoms with Gasteiger partial charge in [0.25, 0.3) is 0 Å². The van der Waals surface area contributed by atoms with Gasteiger partial charge in [-0.15, -0.1) is 11.3 Å². The van der Waals surface area contributed by atoms with Crippen LogP contribution in [0.1, 0.15) is 40.8 Å². The predicted molar refractivity (Wildman–Crippen MR) is 89.9 cm³/mol. The summed E-state index contributed by atoms with van der Waals surface area (Å²) in [6.45, 7) is 5.99. The second-order valence-electron chi connectivity index (χ2n) is 5.23. The molecule has 1 atom stereocenters. The highest BCUT2D eigenvalue weighted by atomic mass is 35.5. The lowest BCUT2D eigenvalue weighted by atomic mass is 10.0. The normalized spacial score (nSPS) is 14.8. The van der Waals surface area contributed by atoms with E-state index in [1.807, 2.05) is 23.5 Å². The maximum absolute atomic E-state index is 6.31. The molecule has 1 aliphatic rings. The van der Waals surface area contributed by atoms with Gasteiger partial charge in [0.15, 0.2) is 0 Å². The largest absolute Gasteiger partial charge is 0.493 e. The molecule has 0 radical (unpaired) electrons. The Bertz CT molecular complexity index is 638. The Balaban J connectivity index is 2.05. The van der Waals surface area contributed by atoms with Crippen molar-refractivity contribution < 1.29 is 4.74 Å². The number of fused-ring (bicyclic) bond motifs is 1. The Hall–Kier alpha value is -1.03. The van der Waals surface area contributed by atoms with Crippen molar-refractivity contribution in [3.8, 4) is 5.75 Å². The fourth-order valence-electron chi connectivity index (χ4n) is 2.82. The summed E-state index contributed by atoms with van der Waals surface area (Å²) in [6, 6.07) is 8.67. The predicted octanol–water partition coefficient (Wildman–Crippen LogP) is 4.60. The number of hydrogen-bond donors (Lipinski definition) is 1. The molecular weight excluding hydrogens is 302 g/mol. The molecule has 0 fully saturated rings. The maximum Gasteiger partial charge on any atom is 0.127 e. The van der Waals surface area contributed by atoms with Gasteiger partial charge in [-0.1, -0.05) is 25.4 Å². The molecule has 3 rings (SSSR count). The van der Waals surface area contributed by atoms with Crippen molar-refractivity contribution in [1.29, 1.82) is 0 Å². The number of thiophene rings is 1. The lowest BCUT2D eigenvalue weighted by molar-refractivity contribution is 0.351. The fraction of sp³-hybridized carbons (Fsp3) is 0.412. The van der Waals surface area contributed by atoms with Crippen molar-refractivity contribution in [2.75, 3.05) is 13.2 Å². The fourth-order valence-corrected chi connectivity index (χ4v) is 4.12. The van der Waals surface area contributed by atoms with Crippen molar-refractivity contribution in [2.45, 2.75) is 32.7 Å². The van der Waals surface area contributed by atoms with E-state index in [1.165, 1.54) is 20.9 Å². The van der Waals surface area contributed by atoms with Crippen molar-refractivity contribution in [3.63, 3.8) is 0 Å². The highest BCUT2D eigenvalue weighted by molar-refractivity contribution is 7.12. The molecule has 21 heavy (non-hydrogen) atoms. The first-order valence-corrected chi connectivity index (χ1v) is 8.69. The third-order valence-electron chi connectivity index (χ3n) is 3.81. The molecule has 1 N–H and O–H groups in total. The van der Waals surface area contributed by atoms with Gasteiger partial charge in [-0.05, 0) is 42.8 Å². The van der Waals surface area contributed by atoms with Gasteiger partial charge >= 0.3 is 0 Å². The van der Waals surface area contributed by atoms with Gasteiger partial charge in [0, 0.05) is 26.8 Å². The number of ether oxygens (including phenoxy) is 1. The molecule has 1 aromatic heterocycles. The third-order valence-corrected chi connectivity index (χ3v) is 5.32. The number of nitrogens with one attached hydrogen (secondary N) is 1. The Morgan fingerprint density at radius 1 is 1.33 bits per heavy atom. The van der Waals surface area contributed by atoms with Crippen LogP contribution in [0.3, 0.4) is 0 Å². The van der Waals surface area contributed by atoms with Crippen molar-refractivity contribution in [1.82, 2.24) is 5.32 Å². The molecule has 1 unspecified atom stereocenters. The third kappa shape index (κ3) is 2.96. The second-order valence-corrected chi connectivity index (χ2v) is 6.87. The van der Waals surface area contributed by atoms with Crippen LogP contribution in [-0.4, -0.2) is 13.2 Å². The summed E-state index contributed by atoms with van der Waals surface area (Å²) in [5.74, 6) is 1.02. The van der Waals surface area contributed by atoms with Gasteiger partial charge in [-0.25, -0.2) is 0 Å². The number of halogens is 1. The number of hydrogen-bond acceptors (Lipinski definition) is 3. The topological polar surface area (TPSA) is 21.3 Å². The Morgan fingerprint density at radius 2 is 2.19 bits per heavy atom. The first-order valence-electron chi connectivity index (χ1n) is 7.50. The van der Waals surface area contributed by atoms with Gasteiger partial charge in [-0.2, -0.15) is 0 Å². The van der Waals surface area contributed by atoms with Crippen LogP contribution < -0.4 is 10.1 Å². The summed E-state index contributed by atoms with van der Waals surface area (Å²) in [5.41, 5.74) is 2.40. The zero-order valence-electron chi connectivity index (χ0n) is 12.4. The molecule has 0 saturated heterocycles. The summed E-state index contributed by atoms with van der Waals surface area (Å²) in [6.07, 6.45) is 2.03. The van der Waals surface area contributed by atoms with Gasteiger partial charge in [0.1, 0.15) is 5.75 Å². The molecule has 2 heterocycles. The first-order chi connectivity index (χ1) is 10.2. The van der Waals surface area contributed by atoms with Crippen LogP contribution in [0, 0.1) is 0 Å². The molecule has 1 aromatic carbocycles. The zero-order chi connectivity index (χ0) is 14.8. The SMILES string of the molecule is CCNC(c1ccc(CC)s1)c1cc(Cl)cc2c1OCC2. The van der Waals surface area contributed by atoms with Crippen molar-refractivity contribution in [2.24, 2.45) is 0 Å². The molecular formula is C17H20ClNOS. The van der Waals surface area contributed by atoms with E-state index in [9.17, 15) is 0 Å². The lowest BCUT2D eigenvalue weighted by Gasteiger charge is -2.20. The molecule has 2 aromatic rings. The van der Waals surface area contributed by atoms with Gasteiger partial charge in [0.05, 0.1) is 12.6 Å². The average Bonchev–Trinajstić information content (AvgIpc) is 3.12. The molecule has 0 spiro atoms. The monoisotopic (exact) mass is 321 g/mol. The van der Waals surface area contributed by atoms with E-state index in [0.717, 1.165) is 36.8 Å². The summed E-state index contributed by atoms with van der Waals surface area (Å²) in [4.78, 5) is 2.74.